The molecule has 2 unspecified atom stereocenters. The standard InChI is InChI=1S/C17H27N3/c1-5-18-13-6-7-15(19-10-13)20-12-17(4)9-14(20)8-16(2,3)11-17/h6-7,10,14,18H,5,8-9,11-12H2,1-4H3. The van der Waals surface area contributed by atoms with Crippen molar-refractivity contribution in [2.24, 2.45) is 10.8 Å². The first-order valence-electron chi connectivity index (χ1n) is 7.87. The molecule has 3 nitrogen and oxygen atoms in total. The van der Waals surface area contributed by atoms with E-state index in [1.807, 2.05) is 6.20 Å². The minimum absolute atomic E-state index is 0.467. The quantitative estimate of drug-likeness (QED) is 0.904. The Labute approximate surface area is 122 Å². The summed E-state index contributed by atoms with van der Waals surface area (Å²) in [5, 5.41) is 3.31. The second kappa shape index (κ2) is 4.64. The summed E-state index contributed by atoms with van der Waals surface area (Å²) in [6.45, 7) is 11.5. The number of hydrogen-bond donors (Lipinski definition) is 1. The lowest BCUT2D eigenvalue weighted by Crippen LogP contribution is -2.34. The van der Waals surface area contributed by atoms with Crippen molar-refractivity contribution in [1.29, 1.82) is 0 Å². The Kier molecular flexibility index (Phi) is 3.19. The fourth-order valence-corrected chi connectivity index (χ4v) is 4.59. The van der Waals surface area contributed by atoms with Gasteiger partial charge in [0, 0.05) is 19.1 Å². The van der Waals surface area contributed by atoms with Gasteiger partial charge in [-0.1, -0.05) is 20.8 Å². The molecule has 1 aliphatic carbocycles. The Balaban J connectivity index is 1.81. The third-order valence-corrected chi connectivity index (χ3v) is 4.84. The first-order chi connectivity index (χ1) is 9.41. The summed E-state index contributed by atoms with van der Waals surface area (Å²) in [5.74, 6) is 1.15. The van der Waals surface area contributed by atoms with Gasteiger partial charge in [0.1, 0.15) is 5.82 Å². The van der Waals surface area contributed by atoms with Crippen molar-refractivity contribution in [1.82, 2.24) is 4.98 Å². The molecule has 2 heterocycles. The van der Waals surface area contributed by atoms with Gasteiger partial charge in [0.25, 0.3) is 0 Å². The molecule has 2 aliphatic rings. The minimum Gasteiger partial charge on any atom is -0.384 e. The van der Waals surface area contributed by atoms with Crippen molar-refractivity contribution < 1.29 is 0 Å². The van der Waals surface area contributed by atoms with Crippen LogP contribution in [0.3, 0.4) is 0 Å². The number of rotatable bonds is 3. The predicted molar refractivity (Wildman–Crippen MR) is 85.3 cm³/mol. The molecule has 1 aromatic rings. The van der Waals surface area contributed by atoms with Crippen LogP contribution in [-0.2, 0) is 0 Å². The highest BCUT2D eigenvalue weighted by Gasteiger charge is 2.49. The summed E-state index contributed by atoms with van der Waals surface area (Å²) >= 11 is 0. The zero-order valence-corrected chi connectivity index (χ0v) is 13.2. The van der Waals surface area contributed by atoms with Crippen molar-refractivity contribution in [3.63, 3.8) is 0 Å². The molecular formula is C17H27N3. The van der Waals surface area contributed by atoms with Gasteiger partial charge in [-0.3, -0.25) is 0 Å². The van der Waals surface area contributed by atoms with E-state index in [0.717, 1.165) is 24.6 Å². The maximum absolute atomic E-state index is 4.68. The van der Waals surface area contributed by atoms with E-state index < -0.39 is 0 Å². The van der Waals surface area contributed by atoms with E-state index in [-0.39, 0.29) is 0 Å². The first-order valence-corrected chi connectivity index (χ1v) is 7.87. The fraction of sp³-hybridized carbons (Fsp3) is 0.706. The monoisotopic (exact) mass is 273 g/mol. The highest BCUT2D eigenvalue weighted by atomic mass is 15.2. The zero-order chi connectivity index (χ0) is 14.4. The molecular weight excluding hydrogens is 246 g/mol. The molecule has 3 rings (SSSR count). The van der Waals surface area contributed by atoms with Gasteiger partial charge in [0.15, 0.2) is 0 Å². The topological polar surface area (TPSA) is 28.2 Å². The van der Waals surface area contributed by atoms with Crippen LogP contribution in [0.4, 0.5) is 11.5 Å². The van der Waals surface area contributed by atoms with Crippen LogP contribution >= 0.6 is 0 Å². The molecule has 1 saturated carbocycles. The number of nitrogens with zero attached hydrogens (tertiary/aromatic N) is 2. The van der Waals surface area contributed by atoms with Crippen molar-refractivity contribution in [2.75, 3.05) is 23.3 Å². The van der Waals surface area contributed by atoms with Crippen LogP contribution in [0, 0.1) is 10.8 Å². The number of aromatic nitrogens is 1. The number of hydrogen-bond acceptors (Lipinski definition) is 3. The number of nitrogens with one attached hydrogen (secondary N) is 1. The average molecular weight is 273 g/mol. The highest BCUT2D eigenvalue weighted by molar-refractivity contribution is 5.50. The van der Waals surface area contributed by atoms with Gasteiger partial charge in [-0.15, -0.1) is 0 Å². The zero-order valence-electron chi connectivity index (χ0n) is 13.2. The third kappa shape index (κ3) is 2.50. The summed E-state index contributed by atoms with van der Waals surface area (Å²) in [5.41, 5.74) is 2.05. The summed E-state index contributed by atoms with van der Waals surface area (Å²) in [6.07, 6.45) is 5.92. The molecule has 2 bridgehead atoms. The summed E-state index contributed by atoms with van der Waals surface area (Å²) < 4.78 is 0. The van der Waals surface area contributed by atoms with Crippen LogP contribution < -0.4 is 10.2 Å². The summed E-state index contributed by atoms with van der Waals surface area (Å²) in [4.78, 5) is 7.23. The van der Waals surface area contributed by atoms with Gasteiger partial charge in [-0.05, 0) is 49.1 Å². The molecule has 1 N–H and O–H groups in total. The van der Waals surface area contributed by atoms with E-state index in [1.54, 1.807) is 0 Å². The largest absolute Gasteiger partial charge is 0.384 e. The van der Waals surface area contributed by atoms with Gasteiger partial charge in [0.2, 0.25) is 0 Å². The Hall–Kier alpha value is -1.25. The van der Waals surface area contributed by atoms with E-state index in [2.05, 4.69) is 55.0 Å². The predicted octanol–water partition coefficient (Wildman–Crippen LogP) is 3.92. The summed E-state index contributed by atoms with van der Waals surface area (Å²) in [7, 11) is 0. The molecule has 0 spiro atoms. The molecule has 2 fully saturated rings. The van der Waals surface area contributed by atoms with Crippen molar-refractivity contribution in [2.45, 2.75) is 53.0 Å². The van der Waals surface area contributed by atoms with Gasteiger partial charge in [-0.2, -0.15) is 0 Å². The van der Waals surface area contributed by atoms with Crippen molar-refractivity contribution in [3.05, 3.63) is 18.3 Å². The van der Waals surface area contributed by atoms with Gasteiger partial charge in [-0.25, -0.2) is 4.98 Å². The van der Waals surface area contributed by atoms with Crippen molar-refractivity contribution >= 4 is 11.5 Å². The Morgan fingerprint density at radius 2 is 2.10 bits per heavy atom. The summed E-state index contributed by atoms with van der Waals surface area (Å²) in [6, 6.07) is 5.00. The van der Waals surface area contributed by atoms with Crippen LogP contribution in [-0.4, -0.2) is 24.1 Å². The lowest BCUT2D eigenvalue weighted by atomic mass is 9.65. The van der Waals surface area contributed by atoms with Crippen LogP contribution in [0.5, 0.6) is 0 Å². The fourth-order valence-electron chi connectivity index (χ4n) is 4.59. The molecule has 0 aromatic carbocycles. The van der Waals surface area contributed by atoms with Gasteiger partial charge >= 0.3 is 0 Å². The van der Waals surface area contributed by atoms with E-state index >= 15 is 0 Å². The molecule has 20 heavy (non-hydrogen) atoms. The van der Waals surface area contributed by atoms with E-state index in [9.17, 15) is 0 Å². The second-order valence-electron chi connectivity index (χ2n) is 7.78. The average Bonchev–Trinajstić information content (AvgIpc) is 2.60. The number of pyridine rings is 1. The molecule has 0 amide bonds. The first kappa shape index (κ1) is 13.7. The molecule has 1 aliphatic heterocycles. The minimum atomic E-state index is 0.467. The van der Waals surface area contributed by atoms with Gasteiger partial charge in [0.05, 0.1) is 11.9 Å². The lowest BCUT2D eigenvalue weighted by Gasteiger charge is -2.39. The Morgan fingerprint density at radius 1 is 1.30 bits per heavy atom. The Bertz CT molecular complexity index is 480. The molecule has 1 saturated heterocycles. The van der Waals surface area contributed by atoms with Crippen LogP contribution in [0.25, 0.3) is 0 Å². The third-order valence-electron chi connectivity index (χ3n) is 4.84. The Morgan fingerprint density at radius 3 is 2.75 bits per heavy atom. The molecule has 0 radical (unpaired) electrons. The van der Waals surface area contributed by atoms with E-state index in [1.165, 1.54) is 19.3 Å². The van der Waals surface area contributed by atoms with Crippen molar-refractivity contribution in [3.8, 4) is 0 Å². The second-order valence-corrected chi connectivity index (χ2v) is 7.78. The van der Waals surface area contributed by atoms with E-state index in [4.69, 9.17) is 0 Å². The van der Waals surface area contributed by atoms with Crippen LogP contribution in [0.15, 0.2) is 18.3 Å². The normalized spacial score (nSPS) is 31.4. The molecule has 2 atom stereocenters. The molecule has 110 valence electrons. The lowest BCUT2D eigenvalue weighted by molar-refractivity contribution is 0.136. The van der Waals surface area contributed by atoms with Crippen LogP contribution in [0.1, 0.15) is 47.0 Å². The molecule has 1 aromatic heterocycles. The number of fused-ring (bicyclic) bond motifs is 2. The highest BCUT2D eigenvalue weighted by Crippen LogP contribution is 2.53. The number of anilines is 2. The van der Waals surface area contributed by atoms with Gasteiger partial charge < -0.3 is 10.2 Å². The maximum atomic E-state index is 4.68. The van der Waals surface area contributed by atoms with Crippen LogP contribution in [0.2, 0.25) is 0 Å². The van der Waals surface area contributed by atoms with E-state index in [0.29, 0.717) is 16.9 Å². The maximum Gasteiger partial charge on any atom is 0.128 e. The SMILES string of the molecule is CCNc1ccc(N2CC3(C)CC2CC(C)(C)C3)nc1. The molecule has 3 heteroatoms. The smallest absolute Gasteiger partial charge is 0.128 e.